The Labute approximate surface area is 169 Å². The monoisotopic (exact) mass is 414 g/mol. The molecule has 3 rings (SSSR count). The molecule has 1 N–H and O–H groups in total. The van der Waals surface area contributed by atoms with E-state index in [4.69, 9.17) is 16.3 Å². The summed E-state index contributed by atoms with van der Waals surface area (Å²) >= 11 is 6.11. The highest BCUT2D eigenvalue weighted by molar-refractivity contribution is 7.89. The number of halogens is 1. The Morgan fingerprint density at radius 2 is 1.68 bits per heavy atom. The molecule has 0 aliphatic rings. The summed E-state index contributed by atoms with van der Waals surface area (Å²) in [5.41, 5.74) is 2.62. The molecule has 0 aromatic heterocycles. The van der Waals surface area contributed by atoms with Gasteiger partial charge in [0.25, 0.3) is 10.0 Å². The lowest BCUT2D eigenvalue weighted by molar-refractivity contribution is 0.306. The Hall–Kier alpha value is -2.83. The lowest BCUT2D eigenvalue weighted by Crippen LogP contribution is -2.18. The van der Waals surface area contributed by atoms with Gasteiger partial charge >= 0.3 is 0 Å². The Balaban J connectivity index is 1.58. The molecule has 0 heterocycles. The lowest BCUT2D eigenvalue weighted by Gasteiger charge is -2.08. The molecule has 0 aliphatic heterocycles. The van der Waals surface area contributed by atoms with Crippen LogP contribution < -0.4 is 9.57 Å². The van der Waals surface area contributed by atoms with Crippen LogP contribution in [0.15, 0.2) is 82.8 Å². The third-order valence-electron chi connectivity index (χ3n) is 3.95. The van der Waals surface area contributed by atoms with Gasteiger partial charge in [0, 0.05) is 10.6 Å². The summed E-state index contributed by atoms with van der Waals surface area (Å²) in [5, 5.41) is 4.49. The maximum absolute atomic E-state index is 12.2. The predicted octanol–water partition coefficient (Wildman–Crippen LogP) is 4.54. The van der Waals surface area contributed by atoms with E-state index >= 15 is 0 Å². The zero-order chi connectivity index (χ0) is 20.0. The summed E-state index contributed by atoms with van der Waals surface area (Å²) in [5.74, 6) is 0.678. The molecule has 28 heavy (non-hydrogen) atoms. The quantitative estimate of drug-likeness (QED) is 0.456. The molecule has 0 atom stereocenters. The van der Waals surface area contributed by atoms with Crippen LogP contribution in [0.3, 0.4) is 0 Å². The second-order valence-electron chi connectivity index (χ2n) is 6.12. The van der Waals surface area contributed by atoms with Crippen molar-refractivity contribution in [2.45, 2.75) is 18.4 Å². The second-order valence-corrected chi connectivity index (χ2v) is 8.18. The molecule has 5 nitrogen and oxygen atoms in total. The molecule has 0 saturated heterocycles. The molecule has 0 saturated carbocycles. The minimum absolute atomic E-state index is 0.165. The van der Waals surface area contributed by atoms with Gasteiger partial charge in [0.1, 0.15) is 12.4 Å². The summed E-state index contributed by atoms with van der Waals surface area (Å²) in [7, 11) is -3.68. The molecule has 0 bridgehead atoms. The summed E-state index contributed by atoms with van der Waals surface area (Å²) in [6.07, 6.45) is 1.43. The first-order chi connectivity index (χ1) is 13.4. The SMILES string of the molecule is Cc1ccc(S(=O)(=O)N/N=C/c2ccc(OCc3ccccc3Cl)cc2)cc1. The first-order valence-corrected chi connectivity index (χ1v) is 10.4. The van der Waals surface area contributed by atoms with Crippen LogP contribution >= 0.6 is 11.6 Å². The van der Waals surface area contributed by atoms with Crippen LogP contribution in [0.2, 0.25) is 5.02 Å². The van der Waals surface area contributed by atoms with Gasteiger partial charge in [-0.25, -0.2) is 4.83 Å². The van der Waals surface area contributed by atoms with Crippen molar-refractivity contribution < 1.29 is 13.2 Å². The van der Waals surface area contributed by atoms with Gasteiger partial charge in [-0.1, -0.05) is 47.5 Å². The molecule has 0 fully saturated rings. The van der Waals surface area contributed by atoms with E-state index in [9.17, 15) is 8.42 Å². The molecule has 0 spiro atoms. The van der Waals surface area contributed by atoms with Crippen molar-refractivity contribution in [2.75, 3.05) is 0 Å². The first kappa shape index (κ1) is 19.9. The minimum Gasteiger partial charge on any atom is -0.489 e. The highest BCUT2D eigenvalue weighted by Gasteiger charge is 2.11. The van der Waals surface area contributed by atoms with Crippen LogP contribution in [-0.2, 0) is 16.6 Å². The minimum atomic E-state index is -3.68. The van der Waals surface area contributed by atoms with Gasteiger partial charge in [-0.05, 0) is 55.0 Å². The van der Waals surface area contributed by atoms with Crippen molar-refractivity contribution in [1.29, 1.82) is 0 Å². The number of rotatable bonds is 7. The van der Waals surface area contributed by atoms with E-state index < -0.39 is 10.0 Å². The molecule has 0 amide bonds. The zero-order valence-electron chi connectivity index (χ0n) is 15.2. The van der Waals surface area contributed by atoms with Gasteiger partial charge in [0.2, 0.25) is 0 Å². The Bertz CT molecular complexity index is 1060. The first-order valence-electron chi connectivity index (χ1n) is 8.52. The van der Waals surface area contributed by atoms with Crippen LogP contribution in [0.4, 0.5) is 0 Å². The van der Waals surface area contributed by atoms with Crippen molar-refractivity contribution in [2.24, 2.45) is 5.10 Å². The molecule has 3 aromatic rings. The summed E-state index contributed by atoms with van der Waals surface area (Å²) in [6, 6.07) is 21.2. The zero-order valence-corrected chi connectivity index (χ0v) is 16.7. The third kappa shape index (κ3) is 5.34. The topological polar surface area (TPSA) is 67.8 Å². The standard InChI is InChI=1S/C21H19ClN2O3S/c1-16-6-12-20(13-7-16)28(25,26)24-23-14-17-8-10-19(11-9-17)27-15-18-4-2-3-5-21(18)22/h2-14,24H,15H2,1H3/b23-14+. The number of nitrogens with one attached hydrogen (secondary N) is 1. The number of hydrogen-bond donors (Lipinski definition) is 1. The fourth-order valence-electron chi connectivity index (χ4n) is 2.37. The normalized spacial score (nSPS) is 11.5. The number of hydrazone groups is 1. The third-order valence-corrected chi connectivity index (χ3v) is 5.56. The van der Waals surface area contributed by atoms with Crippen LogP contribution in [-0.4, -0.2) is 14.6 Å². The molecular weight excluding hydrogens is 396 g/mol. The van der Waals surface area contributed by atoms with Crippen molar-refractivity contribution in [3.8, 4) is 5.75 Å². The average molecular weight is 415 g/mol. The second kappa shape index (κ2) is 8.91. The van der Waals surface area contributed by atoms with Gasteiger partial charge in [-0.3, -0.25) is 0 Å². The van der Waals surface area contributed by atoms with Crippen LogP contribution in [0, 0.1) is 6.92 Å². The van der Waals surface area contributed by atoms with E-state index in [2.05, 4.69) is 9.93 Å². The van der Waals surface area contributed by atoms with Gasteiger partial charge < -0.3 is 4.74 Å². The largest absolute Gasteiger partial charge is 0.489 e. The van der Waals surface area contributed by atoms with E-state index in [1.54, 1.807) is 36.4 Å². The van der Waals surface area contributed by atoms with E-state index in [1.165, 1.54) is 18.3 Å². The van der Waals surface area contributed by atoms with E-state index in [-0.39, 0.29) is 4.90 Å². The molecular formula is C21H19ClN2O3S. The van der Waals surface area contributed by atoms with Crippen molar-refractivity contribution in [3.63, 3.8) is 0 Å². The Kier molecular flexibility index (Phi) is 6.34. The fourth-order valence-corrected chi connectivity index (χ4v) is 3.35. The molecule has 0 unspecified atom stereocenters. The summed E-state index contributed by atoms with van der Waals surface area (Å²) in [4.78, 5) is 2.37. The Morgan fingerprint density at radius 3 is 2.36 bits per heavy atom. The molecule has 7 heteroatoms. The number of aryl methyl sites for hydroxylation is 1. The van der Waals surface area contributed by atoms with Crippen LogP contribution in [0.1, 0.15) is 16.7 Å². The number of sulfonamides is 1. The van der Waals surface area contributed by atoms with Gasteiger partial charge in [-0.15, -0.1) is 0 Å². The smallest absolute Gasteiger partial charge is 0.276 e. The molecule has 0 radical (unpaired) electrons. The maximum Gasteiger partial charge on any atom is 0.276 e. The van der Waals surface area contributed by atoms with Crippen molar-refractivity contribution in [1.82, 2.24) is 4.83 Å². The molecule has 3 aromatic carbocycles. The maximum atomic E-state index is 12.2. The van der Waals surface area contributed by atoms with E-state index in [0.29, 0.717) is 17.4 Å². The van der Waals surface area contributed by atoms with Gasteiger partial charge in [0.05, 0.1) is 11.1 Å². The highest BCUT2D eigenvalue weighted by Crippen LogP contribution is 2.18. The number of nitrogens with zero attached hydrogens (tertiary/aromatic N) is 1. The van der Waals surface area contributed by atoms with Crippen molar-refractivity contribution in [3.05, 3.63) is 94.5 Å². The molecule has 0 aliphatic carbocycles. The highest BCUT2D eigenvalue weighted by atomic mass is 35.5. The Morgan fingerprint density at radius 1 is 1.00 bits per heavy atom. The molecule has 144 valence electrons. The predicted molar refractivity (Wildman–Crippen MR) is 111 cm³/mol. The van der Waals surface area contributed by atoms with Crippen molar-refractivity contribution >= 4 is 27.8 Å². The number of ether oxygens (including phenoxy) is 1. The average Bonchev–Trinajstić information content (AvgIpc) is 2.69. The van der Waals surface area contributed by atoms with Crippen LogP contribution in [0.5, 0.6) is 5.75 Å². The van der Waals surface area contributed by atoms with Crippen LogP contribution in [0.25, 0.3) is 0 Å². The lowest BCUT2D eigenvalue weighted by atomic mass is 10.2. The van der Waals surface area contributed by atoms with Gasteiger partial charge in [0.15, 0.2) is 0 Å². The summed E-state index contributed by atoms with van der Waals surface area (Å²) in [6.45, 7) is 2.26. The van der Waals surface area contributed by atoms with E-state index in [1.807, 2.05) is 31.2 Å². The number of benzene rings is 3. The number of hydrogen-bond acceptors (Lipinski definition) is 4. The van der Waals surface area contributed by atoms with E-state index in [0.717, 1.165) is 16.7 Å². The fraction of sp³-hybridized carbons (Fsp3) is 0.0952. The van der Waals surface area contributed by atoms with Gasteiger partial charge in [-0.2, -0.15) is 13.5 Å². The summed E-state index contributed by atoms with van der Waals surface area (Å²) < 4.78 is 30.1.